The second-order valence-electron chi connectivity index (χ2n) is 6.48. The molecule has 4 N–H and O–H groups in total. The summed E-state index contributed by atoms with van der Waals surface area (Å²) in [4.78, 5) is 19.4. The Labute approximate surface area is 167 Å². The molecule has 146 valence electrons. The lowest BCUT2D eigenvalue weighted by atomic mass is 10.1. The Morgan fingerprint density at radius 2 is 1.83 bits per heavy atom. The Balaban J connectivity index is 1.20. The molecule has 8 nitrogen and oxygen atoms in total. The molecular formula is C21H21N7O. The Hall–Kier alpha value is -3.94. The molecule has 0 bridgehead atoms. The Bertz CT molecular complexity index is 1080. The summed E-state index contributed by atoms with van der Waals surface area (Å²) in [6, 6.07) is 15.4. The third-order valence-corrected chi connectivity index (χ3v) is 4.38. The number of fused-ring (bicyclic) bond motifs is 1. The van der Waals surface area contributed by atoms with Gasteiger partial charge in [0.2, 0.25) is 5.91 Å². The number of pyridine rings is 1. The van der Waals surface area contributed by atoms with Gasteiger partial charge in [-0.3, -0.25) is 9.78 Å². The zero-order valence-electron chi connectivity index (χ0n) is 15.7. The van der Waals surface area contributed by atoms with Crippen molar-refractivity contribution in [3.63, 3.8) is 0 Å². The molecular weight excluding hydrogens is 366 g/mol. The quantitative estimate of drug-likeness (QED) is 0.346. The number of benzene rings is 1. The van der Waals surface area contributed by atoms with E-state index in [1.165, 1.54) is 0 Å². The molecule has 3 aromatic heterocycles. The van der Waals surface area contributed by atoms with E-state index in [0.29, 0.717) is 31.1 Å². The van der Waals surface area contributed by atoms with Gasteiger partial charge in [-0.1, -0.05) is 18.2 Å². The maximum atomic E-state index is 12.2. The number of nitrogens with one attached hydrogen (secondary N) is 4. The predicted octanol–water partition coefficient (Wildman–Crippen LogP) is 2.87. The predicted molar refractivity (Wildman–Crippen MR) is 113 cm³/mol. The molecule has 0 spiro atoms. The van der Waals surface area contributed by atoms with Crippen molar-refractivity contribution in [3.8, 4) is 0 Å². The number of carbonyl (C=O) groups excluding carboxylic acids is 1. The second kappa shape index (κ2) is 8.83. The van der Waals surface area contributed by atoms with Gasteiger partial charge in [0.15, 0.2) is 5.82 Å². The fourth-order valence-electron chi connectivity index (χ4n) is 2.98. The number of carbonyl (C=O) groups is 1. The second-order valence-corrected chi connectivity index (χ2v) is 6.48. The Morgan fingerprint density at radius 1 is 0.966 bits per heavy atom. The molecule has 0 aliphatic carbocycles. The molecule has 1 amide bonds. The maximum absolute atomic E-state index is 12.2. The van der Waals surface area contributed by atoms with Crippen molar-refractivity contribution in [2.75, 3.05) is 23.7 Å². The number of amides is 1. The first-order valence-electron chi connectivity index (χ1n) is 9.34. The number of para-hydroxylation sites is 1. The van der Waals surface area contributed by atoms with Crippen molar-refractivity contribution in [3.05, 3.63) is 72.7 Å². The summed E-state index contributed by atoms with van der Waals surface area (Å²) in [5.41, 5.74) is 2.88. The van der Waals surface area contributed by atoms with Crippen LogP contribution in [0, 0.1) is 0 Å². The van der Waals surface area contributed by atoms with Crippen LogP contribution in [0.5, 0.6) is 0 Å². The van der Waals surface area contributed by atoms with Crippen LogP contribution in [-0.4, -0.2) is 39.2 Å². The SMILES string of the molecule is O=C(Cc1c[nH]c2ccccc12)NCCNc1ccc(Nc2cccnc2)nn1. The molecule has 0 unspecified atom stereocenters. The molecule has 8 heteroatoms. The van der Waals surface area contributed by atoms with Crippen molar-refractivity contribution in [2.45, 2.75) is 6.42 Å². The highest BCUT2D eigenvalue weighted by Crippen LogP contribution is 2.18. The van der Waals surface area contributed by atoms with Gasteiger partial charge in [-0.05, 0) is 35.9 Å². The Morgan fingerprint density at radius 3 is 2.66 bits per heavy atom. The highest BCUT2D eigenvalue weighted by Gasteiger charge is 2.08. The molecule has 4 aromatic rings. The van der Waals surface area contributed by atoms with Gasteiger partial charge in [0, 0.05) is 36.4 Å². The monoisotopic (exact) mass is 387 g/mol. The summed E-state index contributed by atoms with van der Waals surface area (Å²) < 4.78 is 0. The summed E-state index contributed by atoms with van der Waals surface area (Å²) >= 11 is 0. The highest BCUT2D eigenvalue weighted by atomic mass is 16.1. The maximum Gasteiger partial charge on any atom is 0.224 e. The zero-order valence-corrected chi connectivity index (χ0v) is 15.7. The van der Waals surface area contributed by atoms with Crippen LogP contribution in [0.3, 0.4) is 0 Å². The van der Waals surface area contributed by atoms with Crippen molar-refractivity contribution < 1.29 is 4.79 Å². The number of nitrogens with zero attached hydrogens (tertiary/aromatic N) is 3. The number of aromatic amines is 1. The first-order chi connectivity index (χ1) is 14.3. The molecule has 1 aromatic carbocycles. The van der Waals surface area contributed by atoms with E-state index < -0.39 is 0 Å². The number of hydrogen-bond acceptors (Lipinski definition) is 6. The first-order valence-corrected chi connectivity index (χ1v) is 9.34. The van der Waals surface area contributed by atoms with Gasteiger partial charge >= 0.3 is 0 Å². The minimum Gasteiger partial charge on any atom is -0.367 e. The summed E-state index contributed by atoms with van der Waals surface area (Å²) in [6.45, 7) is 1.06. The summed E-state index contributed by atoms with van der Waals surface area (Å²) in [7, 11) is 0. The first kappa shape index (κ1) is 18.4. The largest absolute Gasteiger partial charge is 0.367 e. The van der Waals surface area contributed by atoms with Gasteiger partial charge in [-0.15, -0.1) is 10.2 Å². The van der Waals surface area contributed by atoms with Crippen LogP contribution in [0.15, 0.2) is 67.1 Å². The molecule has 4 rings (SSSR count). The number of anilines is 3. The molecule has 0 saturated carbocycles. The topological polar surface area (TPSA) is 108 Å². The van der Waals surface area contributed by atoms with Crippen LogP contribution < -0.4 is 16.0 Å². The number of aromatic nitrogens is 4. The fourth-order valence-corrected chi connectivity index (χ4v) is 2.98. The average Bonchev–Trinajstić information content (AvgIpc) is 3.16. The Kier molecular flexibility index (Phi) is 5.61. The van der Waals surface area contributed by atoms with E-state index in [9.17, 15) is 4.79 Å². The number of hydrogen-bond donors (Lipinski definition) is 4. The molecule has 0 atom stereocenters. The van der Waals surface area contributed by atoms with E-state index in [1.54, 1.807) is 12.4 Å². The zero-order chi connectivity index (χ0) is 19.9. The normalized spacial score (nSPS) is 10.6. The fraction of sp³-hybridized carbons (Fsp3) is 0.143. The third-order valence-electron chi connectivity index (χ3n) is 4.38. The molecule has 0 radical (unpaired) electrons. The van der Waals surface area contributed by atoms with Crippen molar-refractivity contribution in [1.29, 1.82) is 0 Å². The minimum atomic E-state index is -0.0151. The molecule has 29 heavy (non-hydrogen) atoms. The molecule has 3 heterocycles. The van der Waals surface area contributed by atoms with Crippen LogP contribution in [0.1, 0.15) is 5.56 Å². The van der Waals surface area contributed by atoms with E-state index in [4.69, 9.17) is 0 Å². The average molecular weight is 387 g/mol. The molecule has 0 fully saturated rings. The van der Waals surface area contributed by atoms with Crippen LogP contribution in [0.25, 0.3) is 10.9 Å². The van der Waals surface area contributed by atoms with Gasteiger partial charge in [0.05, 0.1) is 18.3 Å². The van der Waals surface area contributed by atoms with Crippen molar-refractivity contribution >= 4 is 34.1 Å². The standard InChI is InChI=1S/C21H21N7O/c29-21(12-15-13-25-18-6-2-1-5-17(15)18)24-11-10-23-19-7-8-20(28-27-19)26-16-4-3-9-22-14-16/h1-9,13-14,25H,10-12H2,(H,23,27)(H,24,29)(H,26,28). The van der Waals surface area contributed by atoms with Crippen LogP contribution >= 0.6 is 0 Å². The molecule has 0 aliphatic rings. The van der Waals surface area contributed by atoms with Gasteiger partial charge in [-0.25, -0.2) is 0 Å². The summed E-state index contributed by atoms with van der Waals surface area (Å²) in [5, 5.41) is 18.5. The highest BCUT2D eigenvalue weighted by molar-refractivity contribution is 5.88. The van der Waals surface area contributed by atoms with Gasteiger partial charge < -0.3 is 20.9 Å². The summed E-state index contributed by atoms with van der Waals surface area (Å²) in [6.07, 6.45) is 5.66. The number of H-pyrrole nitrogens is 1. The van der Waals surface area contributed by atoms with Crippen molar-refractivity contribution in [2.24, 2.45) is 0 Å². The van der Waals surface area contributed by atoms with Crippen LogP contribution in [0.2, 0.25) is 0 Å². The minimum absolute atomic E-state index is 0.0151. The van der Waals surface area contributed by atoms with E-state index in [-0.39, 0.29) is 5.91 Å². The molecule has 0 saturated heterocycles. The smallest absolute Gasteiger partial charge is 0.224 e. The molecule has 0 aliphatic heterocycles. The van der Waals surface area contributed by atoms with E-state index in [1.807, 2.05) is 54.7 Å². The van der Waals surface area contributed by atoms with E-state index in [0.717, 1.165) is 22.2 Å². The van der Waals surface area contributed by atoms with Crippen molar-refractivity contribution in [1.82, 2.24) is 25.5 Å². The van der Waals surface area contributed by atoms with E-state index >= 15 is 0 Å². The summed E-state index contributed by atoms with van der Waals surface area (Å²) in [5.74, 6) is 1.27. The lowest BCUT2D eigenvalue weighted by Crippen LogP contribution is -2.30. The van der Waals surface area contributed by atoms with Gasteiger partial charge in [0.25, 0.3) is 0 Å². The lowest BCUT2D eigenvalue weighted by molar-refractivity contribution is -0.120. The van der Waals surface area contributed by atoms with Gasteiger partial charge in [-0.2, -0.15) is 0 Å². The third kappa shape index (κ3) is 4.86. The van der Waals surface area contributed by atoms with E-state index in [2.05, 4.69) is 36.1 Å². The lowest BCUT2D eigenvalue weighted by Gasteiger charge is -2.08. The van der Waals surface area contributed by atoms with Gasteiger partial charge in [0.1, 0.15) is 5.82 Å². The van der Waals surface area contributed by atoms with Crippen LogP contribution in [-0.2, 0) is 11.2 Å². The number of rotatable bonds is 8. The van der Waals surface area contributed by atoms with Crippen LogP contribution in [0.4, 0.5) is 17.3 Å².